The summed E-state index contributed by atoms with van der Waals surface area (Å²) in [5, 5.41) is 1.88. The van der Waals surface area contributed by atoms with E-state index in [1.54, 1.807) is 6.07 Å². The Bertz CT molecular complexity index is 965. The van der Waals surface area contributed by atoms with E-state index in [1.165, 1.54) is 0 Å². The molecule has 164 valence electrons. The smallest absolute Gasteiger partial charge is 0.211 e. The van der Waals surface area contributed by atoms with E-state index >= 15 is 0 Å². The van der Waals surface area contributed by atoms with Crippen LogP contribution in [-0.4, -0.2) is 27.3 Å². The Kier molecular flexibility index (Phi) is 7.97. The number of rotatable bonds is 7. The second-order valence-electron chi connectivity index (χ2n) is 8.28. The Balaban J connectivity index is 1.85. The molecule has 3 rings (SSSR count). The minimum Gasteiger partial charge on any atom is -0.364 e. The van der Waals surface area contributed by atoms with Crippen molar-refractivity contribution in [3.8, 4) is 0 Å². The van der Waals surface area contributed by atoms with E-state index in [0.717, 1.165) is 24.1 Å². The highest BCUT2D eigenvalue weighted by atomic mass is 35.5. The second kappa shape index (κ2) is 10.1. The molecule has 4 nitrogen and oxygen atoms in total. The Hall–Kier alpha value is -0.980. The van der Waals surface area contributed by atoms with E-state index in [1.807, 2.05) is 50.2 Å². The molecular formula is C22H27Cl3N2O2S. The maximum absolute atomic E-state index is 12.6. The van der Waals surface area contributed by atoms with Gasteiger partial charge in [0.05, 0.1) is 11.8 Å². The van der Waals surface area contributed by atoms with Crippen LogP contribution >= 0.6 is 34.8 Å². The lowest BCUT2D eigenvalue weighted by molar-refractivity contribution is 0.380. The number of benzene rings is 2. The summed E-state index contributed by atoms with van der Waals surface area (Å²) < 4.78 is 27.8. The van der Waals surface area contributed by atoms with Gasteiger partial charge in [-0.15, -0.1) is 0 Å². The number of halogens is 3. The summed E-state index contributed by atoms with van der Waals surface area (Å²) in [6.45, 7) is 5.06. The summed E-state index contributed by atoms with van der Waals surface area (Å²) in [6, 6.07) is 13.2. The summed E-state index contributed by atoms with van der Waals surface area (Å²) in [4.78, 5) is 2.23. The van der Waals surface area contributed by atoms with Crippen molar-refractivity contribution >= 4 is 50.5 Å². The summed E-state index contributed by atoms with van der Waals surface area (Å²) in [5.74, 6) is 0.408. The largest absolute Gasteiger partial charge is 0.364 e. The molecule has 0 amide bonds. The van der Waals surface area contributed by atoms with Gasteiger partial charge in [0.15, 0.2) is 0 Å². The zero-order valence-corrected chi connectivity index (χ0v) is 20.2. The predicted octanol–water partition coefficient (Wildman–Crippen LogP) is 6.18. The van der Waals surface area contributed by atoms with Gasteiger partial charge >= 0.3 is 0 Å². The molecule has 2 aromatic carbocycles. The van der Waals surface area contributed by atoms with E-state index in [0.29, 0.717) is 28.2 Å². The summed E-state index contributed by atoms with van der Waals surface area (Å²) >= 11 is 18.7. The van der Waals surface area contributed by atoms with Crippen LogP contribution in [0.2, 0.25) is 15.1 Å². The van der Waals surface area contributed by atoms with Crippen LogP contribution in [0, 0.1) is 11.8 Å². The first-order valence-electron chi connectivity index (χ1n) is 10.1. The minimum absolute atomic E-state index is 0.0210. The van der Waals surface area contributed by atoms with Crippen molar-refractivity contribution in [2.75, 3.05) is 23.7 Å². The summed E-state index contributed by atoms with van der Waals surface area (Å²) in [7, 11) is -3.33. The normalized spacial score (nSPS) is 20.0. The molecule has 0 radical (unpaired) electrons. The molecule has 8 heteroatoms. The molecule has 30 heavy (non-hydrogen) atoms. The molecule has 2 atom stereocenters. The van der Waals surface area contributed by atoms with Crippen molar-refractivity contribution in [2.45, 2.75) is 32.7 Å². The third-order valence-electron chi connectivity index (χ3n) is 5.33. The molecule has 0 spiro atoms. The molecule has 1 aliphatic rings. The fraction of sp³-hybridized carbons (Fsp3) is 0.455. The Labute approximate surface area is 194 Å². The lowest BCUT2D eigenvalue weighted by Crippen LogP contribution is -2.42. The third kappa shape index (κ3) is 6.27. The standard InChI is InChI=1S/C22H27Cl3N2O2S/c1-15(2)12-26-30(28,29)14-16-3-10-22(20-9-6-18(24)11-21(20)25)27(13-16)19-7-4-17(23)5-8-19/h4-9,11,15-16,22,26H,3,10,12-14H2,1-2H3/t16-,22+/m1/s1. The predicted molar refractivity (Wildman–Crippen MR) is 127 cm³/mol. The number of hydrogen-bond donors (Lipinski definition) is 1. The van der Waals surface area contributed by atoms with Gasteiger partial charge in [0.25, 0.3) is 0 Å². The molecule has 0 aromatic heterocycles. The SMILES string of the molecule is CC(C)CNS(=O)(=O)C[C@@H]1CC[C@@H](c2ccc(Cl)cc2Cl)N(c2ccc(Cl)cc2)C1. The molecule has 0 bridgehead atoms. The van der Waals surface area contributed by atoms with Crippen molar-refractivity contribution in [3.63, 3.8) is 0 Å². The van der Waals surface area contributed by atoms with E-state index in [2.05, 4.69) is 9.62 Å². The Morgan fingerprint density at radius 1 is 1.03 bits per heavy atom. The van der Waals surface area contributed by atoms with Crippen LogP contribution in [0.25, 0.3) is 0 Å². The van der Waals surface area contributed by atoms with Gasteiger partial charge in [-0.1, -0.05) is 54.7 Å². The number of piperidine rings is 1. The van der Waals surface area contributed by atoms with Crippen molar-refractivity contribution in [3.05, 3.63) is 63.1 Å². The molecule has 2 aromatic rings. The molecule has 1 N–H and O–H groups in total. The molecule has 1 aliphatic heterocycles. The van der Waals surface area contributed by atoms with Gasteiger partial charge in [-0.3, -0.25) is 0 Å². The van der Waals surface area contributed by atoms with Crippen LogP contribution in [0.5, 0.6) is 0 Å². The molecular weight excluding hydrogens is 463 g/mol. The van der Waals surface area contributed by atoms with Crippen LogP contribution in [0.3, 0.4) is 0 Å². The van der Waals surface area contributed by atoms with Crippen LogP contribution in [0.1, 0.15) is 38.3 Å². The van der Waals surface area contributed by atoms with Gasteiger partial charge in [-0.25, -0.2) is 13.1 Å². The van der Waals surface area contributed by atoms with E-state index in [4.69, 9.17) is 34.8 Å². The monoisotopic (exact) mass is 488 g/mol. The van der Waals surface area contributed by atoms with Gasteiger partial charge in [-0.2, -0.15) is 0 Å². The zero-order valence-electron chi connectivity index (χ0n) is 17.1. The molecule has 1 fully saturated rings. The Morgan fingerprint density at radius 3 is 2.33 bits per heavy atom. The quantitative estimate of drug-likeness (QED) is 0.505. The third-order valence-corrected chi connectivity index (χ3v) is 7.66. The zero-order chi connectivity index (χ0) is 21.9. The van der Waals surface area contributed by atoms with Gasteiger partial charge in [0.2, 0.25) is 10.0 Å². The van der Waals surface area contributed by atoms with Crippen LogP contribution in [0.15, 0.2) is 42.5 Å². The highest BCUT2D eigenvalue weighted by molar-refractivity contribution is 7.89. The highest BCUT2D eigenvalue weighted by Gasteiger charge is 2.33. The minimum atomic E-state index is -3.33. The van der Waals surface area contributed by atoms with Crippen molar-refractivity contribution in [2.24, 2.45) is 11.8 Å². The lowest BCUT2D eigenvalue weighted by Gasteiger charge is -2.42. The number of nitrogens with one attached hydrogen (secondary N) is 1. The average molecular weight is 490 g/mol. The molecule has 0 saturated carbocycles. The van der Waals surface area contributed by atoms with Gasteiger partial charge in [-0.05, 0) is 66.6 Å². The summed E-state index contributed by atoms with van der Waals surface area (Å²) in [5.41, 5.74) is 1.99. The van der Waals surface area contributed by atoms with E-state index < -0.39 is 10.0 Å². The van der Waals surface area contributed by atoms with Gasteiger partial charge in [0.1, 0.15) is 0 Å². The number of sulfonamides is 1. The first-order valence-corrected chi connectivity index (χ1v) is 12.9. The molecule has 0 unspecified atom stereocenters. The Morgan fingerprint density at radius 2 is 1.70 bits per heavy atom. The van der Waals surface area contributed by atoms with Crippen molar-refractivity contribution in [1.82, 2.24) is 4.72 Å². The van der Waals surface area contributed by atoms with Crippen molar-refractivity contribution < 1.29 is 8.42 Å². The topological polar surface area (TPSA) is 49.4 Å². The fourth-order valence-corrected chi connectivity index (χ4v) is 6.12. The first kappa shape index (κ1) is 23.7. The lowest BCUT2D eigenvalue weighted by atomic mass is 9.89. The van der Waals surface area contributed by atoms with E-state index in [-0.39, 0.29) is 23.6 Å². The van der Waals surface area contributed by atoms with Gasteiger partial charge in [0, 0.05) is 33.8 Å². The molecule has 0 aliphatic carbocycles. The second-order valence-corrected chi connectivity index (χ2v) is 11.4. The maximum Gasteiger partial charge on any atom is 0.211 e. The average Bonchev–Trinajstić information content (AvgIpc) is 2.67. The first-order chi connectivity index (χ1) is 14.1. The number of hydrogen-bond acceptors (Lipinski definition) is 3. The van der Waals surface area contributed by atoms with Gasteiger partial charge < -0.3 is 4.90 Å². The number of anilines is 1. The van der Waals surface area contributed by atoms with Crippen LogP contribution < -0.4 is 9.62 Å². The molecule has 1 heterocycles. The highest BCUT2D eigenvalue weighted by Crippen LogP contribution is 2.40. The van der Waals surface area contributed by atoms with Crippen LogP contribution in [-0.2, 0) is 10.0 Å². The van der Waals surface area contributed by atoms with Crippen LogP contribution in [0.4, 0.5) is 5.69 Å². The fourth-order valence-electron chi connectivity index (χ4n) is 3.86. The van der Waals surface area contributed by atoms with E-state index in [9.17, 15) is 8.42 Å². The molecule has 1 saturated heterocycles. The van der Waals surface area contributed by atoms with Crippen molar-refractivity contribution in [1.29, 1.82) is 0 Å². The number of nitrogens with zero attached hydrogens (tertiary/aromatic N) is 1. The maximum atomic E-state index is 12.6. The summed E-state index contributed by atoms with van der Waals surface area (Å²) in [6.07, 6.45) is 1.60.